The summed E-state index contributed by atoms with van der Waals surface area (Å²) in [6.45, 7) is 2.00. The van der Waals surface area contributed by atoms with E-state index in [9.17, 15) is 13.2 Å². The van der Waals surface area contributed by atoms with Crippen molar-refractivity contribution in [2.75, 3.05) is 12.0 Å². The number of thiazole rings is 1. The fraction of sp³-hybridized carbons (Fsp3) is 0.346. The highest BCUT2D eigenvalue weighted by Crippen LogP contribution is 2.45. The molecule has 2 fully saturated rings. The van der Waals surface area contributed by atoms with Gasteiger partial charge in [-0.25, -0.2) is 18.4 Å². The van der Waals surface area contributed by atoms with E-state index in [1.807, 2.05) is 30.2 Å². The Morgan fingerprint density at radius 1 is 1.12 bits per heavy atom. The van der Waals surface area contributed by atoms with E-state index in [4.69, 9.17) is 10.7 Å². The highest BCUT2D eigenvalue weighted by Gasteiger charge is 2.46. The highest BCUT2D eigenvalue weighted by molar-refractivity contribution is 7.91. The summed E-state index contributed by atoms with van der Waals surface area (Å²) in [5.74, 6) is -0.176. The maximum atomic E-state index is 13.1. The molecular formula is C26H26N10O3S2. The number of nitrogens with zero attached hydrogens (tertiary/aromatic N) is 8. The number of piperidine rings is 1. The Bertz CT molecular complexity index is 1880. The molecule has 41 heavy (non-hydrogen) atoms. The van der Waals surface area contributed by atoms with Crippen LogP contribution in [0, 0.1) is 6.92 Å². The van der Waals surface area contributed by atoms with Gasteiger partial charge in [0.05, 0.1) is 17.6 Å². The summed E-state index contributed by atoms with van der Waals surface area (Å²) >= 11 is 1.57. The van der Waals surface area contributed by atoms with E-state index in [1.54, 1.807) is 23.7 Å². The van der Waals surface area contributed by atoms with Crippen LogP contribution in [-0.2, 0) is 9.84 Å². The van der Waals surface area contributed by atoms with Crippen molar-refractivity contribution in [3.8, 4) is 21.8 Å². The lowest BCUT2D eigenvalue weighted by molar-refractivity contribution is 0.0556. The number of anilines is 1. The first-order valence-corrected chi connectivity index (χ1v) is 15.8. The number of fused-ring (bicyclic) bond motifs is 3. The predicted molar refractivity (Wildman–Crippen MR) is 151 cm³/mol. The average Bonchev–Trinajstić information content (AvgIpc) is 3.74. The smallest absolute Gasteiger partial charge is 0.292 e. The lowest BCUT2D eigenvalue weighted by Gasteiger charge is -2.38. The van der Waals surface area contributed by atoms with Crippen molar-refractivity contribution >= 4 is 38.5 Å². The SMILES string of the molecule is Cc1cnc(-c2ccc(-c3cnn4c(N)c(S(C)(=O)=O)c([C@H]5C[C@H]6CC[C@@H](C5)N6C(=O)c5nnc[nH]5)nc34)cn2)s1. The van der Waals surface area contributed by atoms with Crippen LogP contribution < -0.4 is 5.73 Å². The summed E-state index contributed by atoms with van der Waals surface area (Å²) in [6.07, 6.45) is 10.5. The molecule has 2 aliphatic heterocycles. The number of pyridine rings is 1. The second-order valence-corrected chi connectivity index (χ2v) is 13.8. The number of amides is 1. The van der Waals surface area contributed by atoms with Crippen LogP contribution >= 0.6 is 11.3 Å². The van der Waals surface area contributed by atoms with Crippen molar-refractivity contribution in [2.45, 2.75) is 55.5 Å². The molecule has 2 aliphatic rings. The van der Waals surface area contributed by atoms with E-state index < -0.39 is 9.84 Å². The normalized spacial score (nSPS) is 20.6. The monoisotopic (exact) mass is 590 g/mol. The first-order chi connectivity index (χ1) is 19.7. The van der Waals surface area contributed by atoms with Gasteiger partial charge in [-0.2, -0.15) is 9.61 Å². The number of aryl methyl sites for hydroxylation is 1. The van der Waals surface area contributed by atoms with Gasteiger partial charge in [0.25, 0.3) is 5.91 Å². The van der Waals surface area contributed by atoms with Crippen molar-refractivity contribution in [3.63, 3.8) is 0 Å². The van der Waals surface area contributed by atoms with Crippen molar-refractivity contribution in [2.24, 2.45) is 0 Å². The van der Waals surface area contributed by atoms with E-state index in [0.29, 0.717) is 29.7 Å². The number of nitrogen functional groups attached to an aromatic ring is 1. The van der Waals surface area contributed by atoms with E-state index in [-0.39, 0.29) is 40.4 Å². The van der Waals surface area contributed by atoms with Crippen molar-refractivity contribution < 1.29 is 13.2 Å². The molecule has 1 amide bonds. The topological polar surface area (TPSA) is 178 Å². The number of carbonyl (C=O) groups excluding carboxylic acids is 1. The van der Waals surface area contributed by atoms with E-state index in [1.165, 1.54) is 10.8 Å². The molecule has 210 valence electrons. The third-order valence-corrected chi connectivity index (χ3v) is 10.0. The van der Waals surface area contributed by atoms with Gasteiger partial charge in [-0.15, -0.1) is 21.5 Å². The molecule has 15 heteroatoms. The van der Waals surface area contributed by atoms with Gasteiger partial charge in [-0.1, -0.05) is 6.07 Å². The summed E-state index contributed by atoms with van der Waals surface area (Å²) in [7, 11) is -3.74. The summed E-state index contributed by atoms with van der Waals surface area (Å²) in [6, 6.07) is 3.68. The molecule has 2 saturated heterocycles. The van der Waals surface area contributed by atoms with Gasteiger partial charge in [-0.3, -0.25) is 9.78 Å². The van der Waals surface area contributed by atoms with Crippen molar-refractivity contribution in [1.29, 1.82) is 0 Å². The van der Waals surface area contributed by atoms with Crippen LogP contribution in [0.3, 0.4) is 0 Å². The zero-order chi connectivity index (χ0) is 28.5. The van der Waals surface area contributed by atoms with Gasteiger partial charge in [0, 0.05) is 52.7 Å². The lowest BCUT2D eigenvalue weighted by Crippen LogP contribution is -2.46. The quantitative estimate of drug-likeness (QED) is 0.309. The zero-order valence-corrected chi connectivity index (χ0v) is 23.9. The molecular weight excluding hydrogens is 564 g/mol. The number of hydrogen-bond acceptors (Lipinski definition) is 11. The maximum Gasteiger partial charge on any atom is 0.292 e. The van der Waals surface area contributed by atoms with E-state index in [0.717, 1.165) is 40.2 Å². The Kier molecular flexibility index (Phi) is 5.90. The van der Waals surface area contributed by atoms with Crippen LogP contribution in [-0.4, -0.2) is 77.3 Å². The van der Waals surface area contributed by atoms with Gasteiger partial charge in [-0.05, 0) is 38.7 Å². The van der Waals surface area contributed by atoms with Gasteiger partial charge in [0.1, 0.15) is 22.0 Å². The van der Waals surface area contributed by atoms with Gasteiger partial charge in [0.2, 0.25) is 5.82 Å². The Morgan fingerprint density at radius 3 is 2.51 bits per heavy atom. The van der Waals surface area contributed by atoms with Crippen LogP contribution in [0.5, 0.6) is 0 Å². The lowest BCUT2D eigenvalue weighted by atomic mass is 9.87. The minimum atomic E-state index is -3.74. The fourth-order valence-electron chi connectivity index (χ4n) is 6.20. The second-order valence-electron chi connectivity index (χ2n) is 10.6. The molecule has 0 radical (unpaired) electrons. The third kappa shape index (κ3) is 4.26. The first kappa shape index (κ1) is 25.7. The minimum absolute atomic E-state index is 0.00771. The van der Waals surface area contributed by atoms with Crippen LogP contribution in [0.15, 0.2) is 41.9 Å². The molecule has 13 nitrogen and oxygen atoms in total. The number of aromatic nitrogens is 8. The van der Waals surface area contributed by atoms with E-state index >= 15 is 0 Å². The molecule has 0 aliphatic carbocycles. The van der Waals surface area contributed by atoms with Crippen LogP contribution in [0.1, 0.15) is 52.8 Å². The van der Waals surface area contributed by atoms with Crippen molar-refractivity contribution in [3.05, 3.63) is 53.4 Å². The molecule has 7 rings (SSSR count). The zero-order valence-electron chi connectivity index (χ0n) is 22.2. The second kappa shape index (κ2) is 9.41. The number of rotatable bonds is 5. The predicted octanol–water partition coefficient (Wildman–Crippen LogP) is 2.88. The van der Waals surface area contributed by atoms with Gasteiger partial charge in [0.15, 0.2) is 15.5 Å². The molecule has 7 heterocycles. The third-order valence-electron chi connectivity index (χ3n) is 7.92. The standard InChI is InChI=1S/C26H26N10O3S2/c1-13-9-29-25(40-13)19-6-3-14(10-28-19)18-11-32-36-22(27)21(41(2,38)39)20(33-24(18)36)15-7-16-4-5-17(8-15)35(16)26(37)23-30-12-31-34-23/h3,6,9-12,15-17H,4-5,7-8,27H2,1-2H3,(H,30,31,34)/t15-,16+,17-. The number of hydrogen-bond donors (Lipinski definition) is 2. The Labute approximate surface area is 238 Å². The average molecular weight is 591 g/mol. The number of nitrogens with one attached hydrogen (secondary N) is 1. The summed E-state index contributed by atoms with van der Waals surface area (Å²) in [4.78, 5) is 32.8. The molecule has 5 aromatic heterocycles. The van der Waals surface area contributed by atoms with Crippen LogP contribution in [0.2, 0.25) is 0 Å². The summed E-state index contributed by atoms with van der Waals surface area (Å²) in [5.41, 5.74) is 9.61. The highest BCUT2D eigenvalue weighted by atomic mass is 32.2. The Morgan fingerprint density at radius 2 is 1.90 bits per heavy atom. The molecule has 3 N–H and O–H groups in total. The molecule has 0 unspecified atom stereocenters. The number of aromatic amines is 1. The number of sulfone groups is 1. The summed E-state index contributed by atoms with van der Waals surface area (Å²) in [5, 5.41) is 12.9. The Balaban J connectivity index is 1.28. The molecule has 0 saturated carbocycles. The van der Waals surface area contributed by atoms with Gasteiger partial charge < -0.3 is 15.6 Å². The number of H-pyrrole nitrogens is 1. The molecule has 2 bridgehead atoms. The van der Waals surface area contributed by atoms with Crippen LogP contribution in [0.25, 0.3) is 27.5 Å². The Hall–Kier alpha value is -4.24. The molecule has 0 spiro atoms. The summed E-state index contributed by atoms with van der Waals surface area (Å²) < 4.78 is 27.5. The fourth-order valence-corrected chi connectivity index (χ4v) is 8.00. The van der Waals surface area contributed by atoms with E-state index in [2.05, 4.69) is 30.2 Å². The van der Waals surface area contributed by atoms with Crippen LogP contribution in [0.4, 0.5) is 5.82 Å². The van der Waals surface area contributed by atoms with Crippen molar-refractivity contribution in [1.82, 2.24) is 44.6 Å². The minimum Gasteiger partial charge on any atom is -0.382 e. The molecule has 5 aromatic rings. The number of carbonyl (C=O) groups is 1. The molecule has 3 atom stereocenters. The van der Waals surface area contributed by atoms with Gasteiger partial charge >= 0.3 is 0 Å². The largest absolute Gasteiger partial charge is 0.382 e. The number of nitrogens with two attached hydrogens (primary N) is 1. The maximum absolute atomic E-state index is 13.1. The first-order valence-electron chi connectivity index (χ1n) is 13.1. The molecule has 0 aromatic carbocycles.